The van der Waals surface area contributed by atoms with Gasteiger partial charge in [-0.3, -0.25) is 0 Å². The highest BCUT2D eigenvalue weighted by Crippen LogP contribution is 2.27. The second-order valence-corrected chi connectivity index (χ2v) is 4.69. The van der Waals surface area contributed by atoms with Crippen molar-refractivity contribution in [3.63, 3.8) is 0 Å². The highest BCUT2D eigenvalue weighted by atomic mass is 16.5. The van der Waals surface area contributed by atoms with Gasteiger partial charge in [0.15, 0.2) is 0 Å². The van der Waals surface area contributed by atoms with Crippen LogP contribution >= 0.6 is 0 Å². The van der Waals surface area contributed by atoms with Crippen LogP contribution in [0.1, 0.15) is 64.4 Å². The van der Waals surface area contributed by atoms with Gasteiger partial charge < -0.3 is 4.74 Å². The van der Waals surface area contributed by atoms with E-state index in [1.807, 2.05) is 0 Å². The smallest absolute Gasteiger partial charge is 0.119 e. The van der Waals surface area contributed by atoms with E-state index in [1.165, 1.54) is 31.2 Å². The Labute approximate surface area is 106 Å². The summed E-state index contributed by atoms with van der Waals surface area (Å²) in [5.74, 6) is 1.73. The van der Waals surface area contributed by atoms with Gasteiger partial charge >= 0.3 is 0 Å². The van der Waals surface area contributed by atoms with E-state index in [0.29, 0.717) is 0 Å². The van der Waals surface area contributed by atoms with Gasteiger partial charge in [-0.1, -0.05) is 45.7 Å². The fourth-order valence-corrected chi connectivity index (χ4v) is 2.23. The van der Waals surface area contributed by atoms with Crippen LogP contribution in [0, 0.1) is 0 Å². The van der Waals surface area contributed by atoms with Crippen molar-refractivity contribution in [1.29, 1.82) is 0 Å². The molecule has 0 heterocycles. The first-order valence-electron chi connectivity index (χ1n) is 7.04. The monoisotopic (exact) mass is 234 g/mol. The van der Waals surface area contributed by atoms with E-state index < -0.39 is 0 Å². The average molecular weight is 234 g/mol. The number of benzene rings is 1. The Bertz CT molecular complexity index is 283. The zero-order valence-corrected chi connectivity index (χ0v) is 11.5. The van der Waals surface area contributed by atoms with Gasteiger partial charge in [0, 0.05) is 0 Å². The molecule has 0 aliphatic heterocycles. The molecule has 0 unspecified atom stereocenters. The maximum absolute atomic E-state index is 5.61. The highest BCUT2D eigenvalue weighted by Gasteiger charge is 2.09. The molecule has 0 bridgehead atoms. The summed E-state index contributed by atoms with van der Waals surface area (Å²) in [4.78, 5) is 0. The fourth-order valence-electron chi connectivity index (χ4n) is 2.23. The van der Waals surface area contributed by atoms with Crippen LogP contribution in [-0.4, -0.2) is 6.61 Å². The molecule has 0 atom stereocenters. The van der Waals surface area contributed by atoms with Crippen LogP contribution in [-0.2, 0) is 0 Å². The summed E-state index contributed by atoms with van der Waals surface area (Å²) in [7, 11) is 0. The van der Waals surface area contributed by atoms with Gasteiger partial charge in [-0.15, -0.1) is 0 Å². The van der Waals surface area contributed by atoms with Crippen molar-refractivity contribution < 1.29 is 4.74 Å². The Morgan fingerprint density at radius 3 is 1.94 bits per heavy atom. The van der Waals surface area contributed by atoms with Crippen molar-refractivity contribution in [3.05, 3.63) is 29.8 Å². The lowest BCUT2D eigenvalue weighted by atomic mass is 9.90. The van der Waals surface area contributed by atoms with E-state index in [9.17, 15) is 0 Å². The molecule has 0 fully saturated rings. The third-order valence-electron chi connectivity index (χ3n) is 3.10. The summed E-state index contributed by atoms with van der Waals surface area (Å²) in [6, 6.07) is 8.70. The molecule has 0 amide bonds. The van der Waals surface area contributed by atoms with Crippen LogP contribution in [0.5, 0.6) is 5.75 Å². The fraction of sp³-hybridized carbons (Fsp3) is 0.625. The SMILES string of the molecule is CCCOc1ccc(C(CCC)CCC)cc1. The highest BCUT2D eigenvalue weighted by molar-refractivity contribution is 5.29. The molecule has 1 aromatic carbocycles. The average Bonchev–Trinajstić information content (AvgIpc) is 2.37. The van der Waals surface area contributed by atoms with Gasteiger partial charge in [0.2, 0.25) is 0 Å². The zero-order chi connectivity index (χ0) is 12.5. The van der Waals surface area contributed by atoms with E-state index in [-0.39, 0.29) is 0 Å². The lowest BCUT2D eigenvalue weighted by Gasteiger charge is -2.16. The normalized spacial score (nSPS) is 10.8. The molecule has 0 N–H and O–H groups in total. The topological polar surface area (TPSA) is 9.23 Å². The largest absolute Gasteiger partial charge is 0.494 e. The standard InChI is InChI=1S/C16H26O/c1-4-7-14(8-5-2)15-9-11-16(12-10-15)17-13-6-3/h9-12,14H,4-8,13H2,1-3H3. The Hall–Kier alpha value is -0.980. The number of rotatable bonds is 8. The molecule has 17 heavy (non-hydrogen) atoms. The summed E-state index contributed by atoms with van der Waals surface area (Å²) in [5.41, 5.74) is 1.47. The van der Waals surface area contributed by atoms with Crippen LogP contribution in [0.3, 0.4) is 0 Å². The molecular weight excluding hydrogens is 208 g/mol. The molecule has 1 aromatic rings. The molecule has 0 aromatic heterocycles. The minimum Gasteiger partial charge on any atom is -0.494 e. The zero-order valence-electron chi connectivity index (χ0n) is 11.5. The van der Waals surface area contributed by atoms with Crippen molar-refractivity contribution >= 4 is 0 Å². The Balaban J connectivity index is 2.63. The first-order chi connectivity index (χ1) is 8.31. The molecular formula is C16H26O. The predicted octanol–water partition coefficient (Wildman–Crippen LogP) is 5.16. The van der Waals surface area contributed by atoms with Crippen molar-refractivity contribution in [3.8, 4) is 5.75 Å². The molecule has 0 aliphatic carbocycles. The molecule has 0 radical (unpaired) electrons. The van der Waals surface area contributed by atoms with Crippen LogP contribution in [0.4, 0.5) is 0 Å². The Morgan fingerprint density at radius 2 is 1.47 bits per heavy atom. The molecule has 1 rings (SSSR count). The van der Waals surface area contributed by atoms with Crippen molar-refractivity contribution in [2.45, 2.75) is 58.8 Å². The maximum Gasteiger partial charge on any atom is 0.119 e. The van der Waals surface area contributed by atoms with Crippen LogP contribution in [0.2, 0.25) is 0 Å². The van der Waals surface area contributed by atoms with Gasteiger partial charge in [-0.05, 0) is 42.9 Å². The van der Waals surface area contributed by atoms with E-state index in [1.54, 1.807) is 0 Å². The Morgan fingerprint density at radius 1 is 0.882 bits per heavy atom. The lowest BCUT2D eigenvalue weighted by Crippen LogP contribution is -1.99. The van der Waals surface area contributed by atoms with Gasteiger partial charge in [-0.25, -0.2) is 0 Å². The molecule has 0 spiro atoms. The molecule has 96 valence electrons. The predicted molar refractivity (Wildman–Crippen MR) is 74.8 cm³/mol. The van der Waals surface area contributed by atoms with Gasteiger partial charge in [0.05, 0.1) is 6.61 Å². The van der Waals surface area contributed by atoms with Gasteiger partial charge in [0.25, 0.3) is 0 Å². The second-order valence-electron chi connectivity index (χ2n) is 4.69. The summed E-state index contributed by atoms with van der Waals surface area (Å²) in [5, 5.41) is 0. The van der Waals surface area contributed by atoms with Crippen molar-refractivity contribution in [2.75, 3.05) is 6.61 Å². The molecule has 1 heteroatoms. The number of ether oxygens (including phenoxy) is 1. The van der Waals surface area contributed by atoms with E-state index in [4.69, 9.17) is 4.74 Å². The van der Waals surface area contributed by atoms with Crippen LogP contribution < -0.4 is 4.74 Å². The lowest BCUT2D eigenvalue weighted by molar-refractivity contribution is 0.317. The summed E-state index contributed by atoms with van der Waals surface area (Å²) < 4.78 is 5.61. The summed E-state index contributed by atoms with van der Waals surface area (Å²) >= 11 is 0. The van der Waals surface area contributed by atoms with Crippen LogP contribution in [0.15, 0.2) is 24.3 Å². The first-order valence-corrected chi connectivity index (χ1v) is 7.04. The Kier molecular flexibility index (Phi) is 6.76. The first kappa shape index (κ1) is 14.1. The van der Waals surface area contributed by atoms with E-state index in [0.717, 1.165) is 24.7 Å². The second kappa shape index (κ2) is 8.16. The minimum absolute atomic E-state index is 0.727. The number of hydrogen-bond acceptors (Lipinski definition) is 1. The quantitative estimate of drug-likeness (QED) is 0.603. The third kappa shape index (κ3) is 4.80. The van der Waals surface area contributed by atoms with Crippen molar-refractivity contribution in [2.24, 2.45) is 0 Å². The number of hydrogen-bond donors (Lipinski definition) is 0. The van der Waals surface area contributed by atoms with E-state index in [2.05, 4.69) is 45.0 Å². The molecule has 0 saturated carbocycles. The molecule has 1 nitrogen and oxygen atoms in total. The third-order valence-corrected chi connectivity index (χ3v) is 3.10. The maximum atomic E-state index is 5.61. The molecule has 0 saturated heterocycles. The summed E-state index contributed by atoms with van der Waals surface area (Å²) in [6.45, 7) is 7.47. The molecule has 0 aliphatic rings. The summed E-state index contributed by atoms with van der Waals surface area (Å²) in [6.07, 6.45) is 6.18. The van der Waals surface area contributed by atoms with Gasteiger partial charge in [0.1, 0.15) is 5.75 Å². The van der Waals surface area contributed by atoms with Crippen molar-refractivity contribution in [1.82, 2.24) is 0 Å². The van der Waals surface area contributed by atoms with Gasteiger partial charge in [-0.2, -0.15) is 0 Å². The van der Waals surface area contributed by atoms with E-state index >= 15 is 0 Å². The minimum atomic E-state index is 0.727. The van der Waals surface area contributed by atoms with Crippen LogP contribution in [0.25, 0.3) is 0 Å².